The molecule has 130 valence electrons. The number of carbonyl (C=O) groups excluding carboxylic acids is 1. The van der Waals surface area contributed by atoms with Crippen LogP contribution in [0, 0.1) is 11.6 Å². The van der Waals surface area contributed by atoms with Gasteiger partial charge in [0.15, 0.2) is 0 Å². The first-order valence-electron chi connectivity index (χ1n) is 8.17. The van der Waals surface area contributed by atoms with Crippen molar-refractivity contribution in [1.82, 2.24) is 5.32 Å². The molecule has 0 spiro atoms. The Hall–Kier alpha value is -2.76. The third-order valence-corrected chi connectivity index (χ3v) is 4.13. The minimum Gasteiger partial charge on any atom is -0.352 e. The third-order valence-electron chi connectivity index (χ3n) is 4.13. The van der Waals surface area contributed by atoms with Crippen LogP contribution < -0.4 is 10.3 Å². The van der Waals surface area contributed by atoms with Crippen LogP contribution in [-0.4, -0.2) is 24.7 Å². The van der Waals surface area contributed by atoms with Crippen LogP contribution in [0.4, 0.5) is 14.5 Å². The predicted octanol–water partition coefficient (Wildman–Crippen LogP) is 3.52. The summed E-state index contributed by atoms with van der Waals surface area (Å²) in [7, 11) is 0. The Labute approximate surface area is 145 Å². The summed E-state index contributed by atoms with van der Waals surface area (Å²) in [5.74, 6) is -1.47. The van der Waals surface area contributed by atoms with Gasteiger partial charge in [-0.25, -0.2) is 8.78 Å². The summed E-state index contributed by atoms with van der Waals surface area (Å²) in [4.78, 5) is 12.1. The molecule has 1 amide bonds. The molecule has 2 aromatic carbocycles. The maximum Gasteiger partial charge on any atom is 0.251 e. The van der Waals surface area contributed by atoms with Crippen molar-refractivity contribution in [3.8, 4) is 0 Å². The van der Waals surface area contributed by atoms with Gasteiger partial charge in [0.2, 0.25) is 0 Å². The maximum absolute atomic E-state index is 13.5. The number of nitrogens with one attached hydrogen (secondary N) is 1. The lowest BCUT2D eigenvalue weighted by Gasteiger charge is -2.14. The van der Waals surface area contributed by atoms with Crippen molar-refractivity contribution in [3.05, 3.63) is 65.2 Å². The molecule has 0 bridgehead atoms. The molecule has 0 saturated heterocycles. The normalized spacial score (nSPS) is 13.7. The zero-order valence-electron chi connectivity index (χ0n) is 13.9. The van der Waals surface area contributed by atoms with Gasteiger partial charge in [-0.1, -0.05) is 6.07 Å². The van der Waals surface area contributed by atoms with Gasteiger partial charge in [-0.05, 0) is 49.7 Å². The second-order valence-corrected chi connectivity index (χ2v) is 5.96. The van der Waals surface area contributed by atoms with E-state index in [1.165, 1.54) is 18.2 Å². The number of hydrazone groups is 1. The molecule has 4 nitrogen and oxygen atoms in total. The van der Waals surface area contributed by atoms with Gasteiger partial charge in [0.1, 0.15) is 11.6 Å². The highest BCUT2D eigenvalue weighted by Crippen LogP contribution is 2.20. The number of halogens is 2. The standard InChI is InChI=1S/C19H19F2N3O/c1-13-10-12-24(23-13)15-7-5-14(6-8-15)19(25)22-11-9-16-17(20)3-2-4-18(16)21/h2-8H,9-12H2,1H3,(H,22,25). The van der Waals surface area contributed by atoms with Gasteiger partial charge in [-0.2, -0.15) is 5.10 Å². The second kappa shape index (κ2) is 7.42. The van der Waals surface area contributed by atoms with Crippen molar-refractivity contribution in [2.24, 2.45) is 5.10 Å². The largest absolute Gasteiger partial charge is 0.352 e. The SMILES string of the molecule is CC1=NN(c2ccc(C(=O)NCCc3c(F)cccc3F)cc2)CC1. The number of nitrogens with zero attached hydrogens (tertiary/aromatic N) is 2. The van der Waals surface area contributed by atoms with Crippen LogP contribution in [0.2, 0.25) is 0 Å². The number of anilines is 1. The van der Waals surface area contributed by atoms with Gasteiger partial charge in [-0.3, -0.25) is 9.80 Å². The van der Waals surface area contributed by atoms with E-state index in [0.717, 1.165) is 24.4 Å². The molecule has 25 heavy (non-hydrogen) atoms. The summed E-state index contributed by atoms with van der Waals surface area (Å²) in [6, 6.07) is 10.9. The smallest absolute Gasteiger partial charge is 0.251 e. The summed E-state index contributed by atoms with van der Waals surface area (Å²) in [6.07, 6.45) is 1.04. The first kappa shape index (κ1) is 17.1. The summed E-state index contributed by atoms with van der Waals surface area (Å²) in [5.41, 5.74) is 2.50. The highest BCUT2D eigenvalue weighted by Gasteiger charge is 2.14. The van der Waals surface area contributed by atoms with Gasteiger partial charge in [0.05, 0.1) is 5.69 Å². The summed E-state index contributed by atoms with van der Waals surface area (Å²) in [6.45, 7) is 2.99. The molecule has 0 atom stereocenters. The van der Waals surface area contributed by atoms with Crippen LogP contribution in [0.1, 0.15) is 29.3 Å². The van der Waals surface area contributed by atoms with Gasteiger partial charge in [0.25, 0.3) is 5.91 Å². The highest BCUT2D eigenvalue weighted by atomic mass is 19.1. The predicted molar refractivity (Wildman–Crippen MR) is 93.9 cm³/mol. The molecule has 0 fully saturated rings. The topological polar surface area (TPSA) is 44.7 Å². The van der Waals surface area contributed by atoms with Crippen molar-refractivity contribution in [2.75, 3.05) is 18.1 Å². The molecule has 1 N–H and O–H groups in total. The maximum atomic E-state index is 13.5. The third kappa shape index (κ3) is 4.02. The molecule has 0 radical (unpaired) electrons. The minimum atomic E-state index is -0.597. The molecule has 0 aromatic heterocycles. The van der Waals surface area contributed by atoms with Crippen molar-refractivity contribution >= 4 is 17.3 Å². The Bertz CT molecular complexity index is 783. The van der Waals surface area contributed by atoms with Crippen molar-refractivity contribution in [2.45, 2.75) is 19.8 Å². The molecule has 2 aromatic rings. The lowest BCUT2D eigenvalue weighted by atomic mass is 10.1. The zero-order valence-corrected chi connectivity index (χ0v) is 13.9. The average molecular weight is 343 g/mol. The van der Waals surface area contributed by atoms with Crippen LogP contribution in [0.15, 0.2) is 47.6 Å². The van der Waals surface area contributed by atoms with E-state index in [1.54, 1.807) is 12.1 Å². The van der Waals surface area contributed by atoms with E-state index in [2.05, 4.69) is 10.4 Å². The van der Waals surface area contributed by atoms with Crippen molar-refractivity contribution < 1.29 is 13.6 Å². The van der Waals surface area contributed by atoms with E-state index in [9.17, 15) is 13.6 Å². The minimum absolute atomic E-state index is 0.0135. The average Bonchev–Trinajstić information content (AvgIpc) is 3.04. The molecule has 0 aliphatic carbocycles. The quantitative estimate of drug-likeness (QED) is 0.903. The molecular formula is C19H19F2N3O. The Morgan fingerprint density at radius 3 is 2.44 bits per heavy atom. The van der Waals surface area contributed by atoms with Crippen LogP contribution in [0.3, 0.4) is 0 Å². The fourth-order valence-corrected chi connectivity index (χ4v) is 2.72. The fourth-order valence-electron chi connectivity index (χ4n) is 2.72. The summed E-state index contributed by atoms with van der Waals surface area (Å²) < 4.78 is 27.1. The van der Waals surface area contributed by atoms with E-state index < -0.39 is 11.6 Å². The second-order valence-electron chi connectivity index (χ2n) is 5.96. The van der Waals surface area contributed by atoms with Gasteiger partial charge < -0.3 is 5.32 Å². The Kier molecular flexibility index (Phi) is 5.07. The zero-order chi connectivity index (χ0) is 17.8. The molecule has 1 aliphatic heterocycles. The number of carbonyl (C=O) groups is 1. The van der Waals surface area contributed by atoms with Gasteiger partial charge >= 0.3 is 0 Å². The van der Waals surface area contributed by atoms with E-state index in [1.807, 2.05) is 24.1 Å². The van der Waals surface area contributed by atoms with E-state index in [0.29, 0.717) is 5.56 Å². The van der Waals surface area contributed by atoms with Crippen LogP contribution in [0.25, 0.3) is 0 Å². The van der Waals surface area contributed by atoms with Crippen LogP contribution in [0.5, 0.6) is 0 Å². The van der Waals surface area contributed by atoms with Crippen LogP contribution in [-0.2, 0) is 6.42 Å². The van der Waals surface area contributed by atoms with E-state index in [-0.39, 0.29) is 24.4 Å². The lowest BCUT2D eigenvalue weighted by Crippen LogP contribution is -2.26. The van der Waals surface area contributed by atoms with E-state index >= 15 is 0 Å². The Morgan fingerprint density at radius 2 is 1.84 bits per heavy atom. The molecule has 0 unspecified atom stereocenters. The lowest BCUT2D eigenvalue weighted by molar-refractivity contribution is 0.0954. The molecule has 0 saturated carbocycles. The number of hydrogen-bond acceptors (Lipinski definition) is 3. The molecule has 3 rings (SSSR count). The molecule has 1 aliphatic rings. The number of hydrogen-bond donors (Lipinski definition) is 1. The van der Waals surface area contributed by atoms with Crippen molar-refractivity contribution in [3.63, 3.8) is 0 Å². The number of benzene rings is 2. The Balaban J connectivity index is 1.56. The summed E-state index contributed by atoms with van der Waals surface area (Å²) >= 11 is 0. The van der Waals surface area contributed by atoms with Crippen molar-refractivity contribution in [1.29, 1.82) is 0 Å². The highest BCUT2D eigenvalue weighted by molar-refractivity contribution is 5.94. The first-order valence-corrected chi connectivity index (χ1v) is 8.17. The monoisotopic (exact) mass is 343 g/mol. The molecule has 6 heteroatoms. The Morgan fingerprint density at radius 1 is 1.16 bits per heavy atom. The molecular weight excluding hydrogens is 324 g/mol. The molecule has 1 heterocycles. The van der Waals surface area contributed by atoms with E-state index in [4.69, 9.17) is 0 Å². The number of rotatable bonds is 5. The summed E-state index contributed by atoms with van der Waals surface area (Å²) in [5, 5.41) is 9.00. The first-order chi connectivity index (χ1) is 12.0. The van der Waals surface area contributed by atoms with Gasteiger partial charge in [-0.15, -0.1) is 0 Å². The fraction of sp³-hybridized carbons (Fsp3) is 0.263. The number of amides is 1. The van der Waals surface area contributed by atoms with Crippen LogP contribution >= 0.6 is 0 Å². The van der Waals surface area contributed by atoms with Gasteiger partial charge in [0, 0.05) is 36.3 Å².